The number of aliphatic hydroxyl groups is 1. The van der Waals surface area contributed by atoms with E-state index in [-0.39, 0.29) is 63.5 Å². The number of hydrogen-bond donors (Lipinski definition) is 21. The molecule has 4 rings (SSSR count). The topological polar surface area (TPSA) is 661 Å². The molecule has 0 aliphatic carbocycles. The fourth-order valence-corrected chi connectivity index (χ4v) is 11.5. The Morgan fingerprint density at radius 2 is 1.05 bits per heavy atom. The molecule has 0 unspecified atom stereocenters. The first-order valence-electron chi connectivity index (χ1n) is 35.7. The van der Waals surface area contributed by atoms with Crippen LogP contribution in [0.1, 0.15) is 129 Å². The van der Waals surface area contributed by atoms with E-state index in [1.807, 2.05) is 0 Å². The highest BCUT2D eigenvalue weighted by Crippen LogP contribution is 2.26. The highest BCUT2D eigenvalue weighted by atomic mass is 16.4. The summed E-state index contributed by atoms with van der Waals surface area (Å²) in [5, 5.41) is 67.0. The first-order valence-corrected chi connectivity index (χ1v) is 35.7. The number of carboxylic acid groups (broad SMARTS) is 3. The standard InChI is InChI=1S/C70H104N20O20/c1-8-36(6)54(72)66(106)87-49(32-91)65(105)82-44(21-23-53(95)96)61(101)88-55(35(4)5)67(107)86-48(29-51(71)92)63(103)84-46(25-34(2)3)64(104)89-57(90-31-40-18-13-12-17-39(40)27-50(90)69(109)110)68(108)79-37(7)58(98)80-43(20-22-52(93)94)60(100)85-47(26-38-15-10-9-11-16-38)62(102)81-42(19-14-24-77-70(74)75)59(99)83-45(56(73)97)28-41-30-76-33-78-41/h9-13,15-18,30,33-37,42-50,54-55,57,91H,8,14,19-29,31-32,72H2,1-7H3,(H2,71,92)(H2,73,97)(H,76,78)(H,79,108)(H,80,98)(H,81,102)(H,82,105)(H,83,99)(H,84,103)(H,85,100)(H,86,107)(H,87,106)(H,88,101)(H,89,104)(H,93,94)(H,95,96)(H,109,110)(H4,74,75,77)/t36-,37-,42-,43-,44-,45-,46-,47-,48-,49-,50-,54-,55-,57-/m0/s1. The Kier molecular flexibility index (Phi) is 36.8. The summed E-state index contributed by atoms with van der Waals surface area (Å²) in [6.45, 7) is 9.38. The normalized spacial score (nSPS) is 16.1. The van der Waals surface area contributed by atoms with Crippen LogP contribution in [0, 0.1) is 17.8 Å². The van der Waals surface area contributed by atoms with Gasteiger partial charge < -0.3 is 113 Å². The minimum Gasteiger partial charge on any atom is -0.481 e. The summed E-state index contributed by atoms with van der Waals surface area (Å²) in [4.78, 5) is 231. The Morgan fingerprint density at radius 3 is 1.58 bits per heavy atom. The molecular formula is C70H104N20O20. The number of carboxylic acids is 3. The van der Waals surface area contributed by atoms with Crippen LogP contribution in [0.25, 0.3) is 0 Å². The zero-order chi connectivity index (χ0) is 82.2. The van der Waals surface area contributed by atoms with Crippen molar-refractivity contribution in [3.8, 4) is 0 Å². The van der Waals surface area contributed by atoms with E-state index in [0.29, 0.717) is 28.8 Å². The van der Waals surface area contributed by atoms with E-state index in [9.17, 15) is 92.3 Å². The molecule has 2 aromatic carbocycles. The predicted molar refractivity (Wildman–Crippen MR) is 392 cm³/mol. The Labute approximate surface area is 633 Å². The number of fused-ring (bicyclic) bond motifs is 1. The molecule has 604 valence electrons. The molecule has 1 aliphatic rings. The van der Waals surface area contributed by atoms with E-state index in [0.717, 1.165) is 11.8 Å². The van der Waals surface area contributed by atoms with Crippen LogP contribution in [0.15, 0.2) is 72.1 Å². The van der Waals surface area contributed by atoms with Crippen molar-refractivity contribution in [2.45, 2.75) is 211 Å². The molecule has 3 aromatic rings. The molecule has 1 aliphatic heterocycles. The highest BCUT2D eigenvalue weighted by Gasteiger charge is 2.43. The number of nitrogens with two attached hydrogens (primary N) is 5. The van der Waals surface area contributed by atoms with Gasteiger partial charge in [-0.05, 0) is 79.9 Å². The van der Waals surface area contributed by atoms with Gasteiger partial charge in [0.1, 0.15) is 66.5 Å². The number of hydrogen-bond acceptors (Lipinski definition) is 21. The molecule has 1 aromatic heterocycles. The van der Waals surface area contributed by atoms with Gasteiger partial charge in [-0.2, -0.15) is 0 Å². The van der Waals surface area contributed by atoms with Gasteiger partial charge in [-0.25, -0.2) is 4.98 Å². The maximum atomic E-state index is 15.0. The molecule has 0 radical (unpaired) electrons. The summed E-state index contributed by atoms with van der Waals surface area (Å²) in [6.07, 6.45) is -3.43. The number of aliphatic imine (C=N–C) groups is 1. The van der Waals surface area contributed by atoms with Crippen molar-refractivity contribution in [1.82, 2.24) is 73.4 Å². The molecular weight excluding hydrogens is 1440 g/mol. The average molecular weight is 1550 g/mol. The molecule has 40 heteroatoms. The first-order chi connectivity index (χ1) is 51.8. The number of aromatic nitrogens is 2. The number of carbonyl (C=O) groups is 16. The van der Waals surface area contributed by atoms with Crippen molar-refractivity contribution < 1.29 is 97.1 Å². The van der Waals surface area contributed by atoms with Crippen LogP contribution in [0.2, 0.25) is 0 Å². The van der Waals surface area contributed by atoms with Gasteiger partial charge in [-0.3, -0.25) is 86.6 Å². The zero-order valence-corrected chi connectivity index (χ0v) is 62.2. The van der Waals surface area contributed by atoms with Crippen molar-refractivity contribution >= 4 is 101 Å². The van der Waals surface area contributed by atoms with Crippen LogP contribution >= 0.6 is 0 Å². The van der Waals surface area contributed by atoms with Gasteiger partial charge in [0.05, 0.1) is 25.4 Å². The van der Waals surface area contributed by atoms with Crippen molar-refractivity contribution in [2.75, 3.05) is 13.2 Å². The Hall–Kier alpha value is -11.7. The summed E-state index contributed by atoms with van der Waals surface area (Å²) >= 11 is 0. The maximum absolute atomic E-state index is 15.0. The maximum Gasteiger partial charge on any atom is 0.321 e. The van der Waals surface area contributed by atoms with Gasteiger partial charge >= 0.3 is 17.9 Å². The Balaban J connectivity index is 1.67. The van der Waals surface area contributed by atoms with Crippen molar-refractivity contribution in [2.24, 2.45) is 51.4 Å². The van der Waals surface area contributed by atoms with Crippen molar-refractivity contribution in [1.29, 1.82) is 0 Å². The van der Waals surface area contributed by atoms with E-state index in [1.54, 1.807) is 82.3 Å². The number of H-pyrrole nitrogens is 1. The Bertz CT molecular complexity index is 3750. The fourth-order valence-electron chi connectivity index (χ4n) is 11.5. The number of aliphatic hydroxyl groups excluding tert-OH is 1. The third-order valence-electron chi connectivity index (χ3n) is 17.9. The average Bonchev–Trinajstić information content (AvgIpc) is 0.855. The molecule has 110 heavy (non-hydrogen) atoms. The van der Waals surface area contributed by atoms with Crippen molar-refractivity contribution in [3.05, 3.63) is 89.5 Å². The Morgan fingerprint density at radius 1 is 0.555 bits per heavy atom. The third kappa shape index (κ3) is 29.8. The number of nitrogens with one attached hydrogen (secondary N) is 12. The van der Waals surface area contributed by atoms with Crippen LogP contribution in [0.5, 0.6) is 0 Å². The van der Waals surface area contributed by atoms with Gasteiger partial charge in [-0.1, -0.05) is 103 Å². The van der Waals surface area contributed by atoms with Crippen molar-refractivity contribution in [3.63, 3.8) is 0 Å². The van der Waals surface area contributed by atoms with Gasteiger partial charge in [0.15, 0.2) is 12.1 Å². The number of guanidine groups is 1. The minimum absolute atomic E-state index is 0.0141. The molecule has 0 fully saturated rings. The number of amides is 13. The van der Waals surface area contributed by atoms with Crippen LogP contribution in [-0.4, -0.2) is 228 Å². The van der Waals surface area contributed by atoms with E-state index in [4.69, 9.17) is 28.7 Å². The van der Waals surface area contributed by atoms with E-state index < -0.39 is 224 Å². The highest BCUT2D eigenvalue weighted by molar-refractivity contribution is 6.00. The van der Waals surface area contributed by atoms with Gasteiger partial charge in [0, 0.05) is 50.7 Å². The van der Waals surface area contributed by atoms with Gasteiger partial charge in [0.2, 0.25) is 70.9 Å². The van der Waals surface area contributed by atoms with E-state index >= 15 is 4.79 Å². The van der Waals surface area contributed by atoms with Crippen LogP contribution in [-0.2, 0) is 103 Å². The quantitative estimate of drug-likeness (QED) is 0.0142. The lowest BCUT2D eigenvalue weighted by Crippen LogP contribution is -2.66. The molecule has 0 saturated carbocycles. The zero-order valence-electron chi connectivity index (χ0n) is 62.2. The molecule has 0 bridgehead atoms. The summed E-state index contributed by atoms with van der Waals surface area (Å²) < 4.78 is 0. The minimum atomic E-state index is -2.06. The number of aromatic amines is 1. The fraction of sp³-hybridized carbons (Fsp3) is 0.543. The molecule has 40 nitrogen and oxygen atoms in total. The van der Waals surface area contributed by atoms with Crippen LogP contribution < -0.4 is 87.2 Å². The predicted octanol–water partition coefficient (Wildman–Crippen LogP) is -5.77. The largest absolute Gasteiger partial charge is 0.481 e. The lowest BCUT2D eigenvalue weighted by molar-refractivity contribution is -0.150. The number of carbonyl (C=O) groups excluding carboxylic acids is 13. The lowest BCUT2D eigenvalue weighted by atomic mass is 9.93. The third-order valence-corrected chi connectivity index (χ3v) is 17.9. The van der Waals surface area contributed by atoms with E-state index in [2.05, 4.69) is 73.4 Å². The molecule has 2 heterocycles. The summed E-state index contributed by atoms with van der Waals surface area (Å²) in [6, 6.07) is -4.56. The monoisotopic (exact) mass is 1540 g/mol. The van der Waals surface area contributed by atoms with Gasteiger partial charge in [-0.15, -0.1) is 0 Å². The first kappa shape index (κ1) is 90.7. The summed E-state index contributed by atoms with van der Waals surface area (Å²) in [5.74, 6) is -20.5. The molecule has 26 N–H and O–H groups in total. The SMILES string of the molecule is CC[C@H](C)[C@H](N)C(=O)N[C@@H](CO)C(=O)N[C@@H](CCC(=O)O)C(=O)N[C@H](C(=O)N[C@@H](CC(N)=O)C(=O)N[C@@H](CC(C)C)C(=O)N[C@H](C(=O)N[C@@H](C)C(=O)N[C@@H](CCC(=O)O)C(=O)N[C@@H](Cc1ccccc1)C(=O)N[C@@H](CCCN=C(N)N)C(=O)N[C@@H](Cc1cnc[nH]1)C(N)=O)N1Cc2ccccc2C[C@H]1C(=O)O)C(C)C. The second-order valence-corrected chi connectivity index (χ2v) is 27.4. The lowest BCUT2D eigenvalue weighted by Gasteiger charge is -2.40. The number of imidazole rings is 1. The van der Waals surface area contributed by atoms with E-state index in [1.165, 1.54) is 26.4 Å². The summed E-state index contributed by atoms with van der Waals surface area (Å²) in [5.41, 5.74) is 30.2. The van der Waals surface area contributed by atoms with Crippen LogP contribution in [0.3, 0.4) is 0 Å². The number of benzene rings is 2. The molecule has 0 saturated heterocycles. The summed E-state index contributed by atoms with van der Waals surface area (Å²) in [7, 11) is 0. The number of nitrogens with zero attached hydrogens (tertiary/aromatic N) is 3. The second kappa shape index (κ2) is 44.6. The second-order valence-electron chi connectivity index (χ2n) is 27.4. The number of rotatable bonds is 47. The molecule has 14 atom stereocenters. The molecule has 0 spiro atoms. The van der Waals surface area contributed by atoms with Gasteiger partial charge in [0.25, 0.3) is 5.91 Å². The number of aliphatic carboxylic acids is 3. The number of primary amides is 2. The van der Waals surface area contributed by atoms with Crippen LogP contribution in [0.4, 0.5) is 0 Å². The smallest absolute Gasteiger partial charge is 0.321 e. The molecule has 13 amide bonds.